The highest BCUT2D eigenvalue weighted by Gasteiger charge is 2.30. The van der Waals surface area contributed by atoms with Gasteiger partial charge in [0.25, 0.3) is 0 Å². The van der Waals surface area contributed by atoms with E-state index in [0.717, 1.165) is 54.7 Å². The molecule has 0 aliphatic carbocycles. The van der Waals surface area contributed by atoms with Crippen molar-refractivity contribution < 1.29 is 4.79 Å². The van der Waals surface area contributed by atoms with Crippen molar-refractivity contribution in [1.82, 2.24) is 29.9 Å². The van der Waals surface area contributed by atoms with Gasteiger partial charge in [0.2, 0.25) is 5.91 Å². The highest BCUT2D eigenvalue weighted by Crippen LogP contribution is 2.29. The molecule has 8 heteroatoms. The summed E-state index contributed by atoms with van der Waals surface area (Å²) >= 11 is 0. The number of aryl methyl sites for hydroxylation is 3. The zero-order valence-electron chi connectivity index (χ0n) is 14.8. The number of nitrogens with zero attached hydrogens (tertiary/aromatic N) is 5. The number of nitrogens with one attached hydrogen (secondary N) is 2. The summed E-state index contributed by atoms with van der Waals surface area (Å²) in [6, 6.07) is 0.112. The molecule has 1 aliphatic heterocycles. The van der Waals surface area contributed by atoms with Gasteiger partial charge in [-0.25, -0.2) is 4.98 Å². The first-order valence-corrected chi connectivity index (χ1v) is 8.46. The Kier molecular flexibility index (Phi) is 4.66. The molecule has 1 amide bonds. The number of hydrogen-bond acceptors (Lipinski definition) is 5. The van der Waals surface area contributed by atoms with Crippen molar-refractivity contribution >= 4 is 11.6 Å². The second-order valence-electron chi connectivity index (χ2n) is 6.32. The number of aromatic nitrogens is 5. The van der Waals surface area contributed by atoms with Crippen molar-refractivity contribution in [2.75, 3.05) is 18.4 Å². The molecule has 1 aliphatic rings. The van der Waals surface area contributed by atoms with Crippen molar-refractivity contribution in [3.63, 3.8) is 0 Å². The molecule has 3 heterocycles. The molecule has 1 saturated heterocycles. The van der Waals surface area contributed by atoms with Crippen molar-refractivity contribution in [3.05, 3.63) is 23.0 Å². The topological polar surface area (TPSA) is 91.7 Å². The molecule has 0 bridgehead atoms. The van der Waals surface area contributed by atoms with E-state index in [2.05, 4.69) is 30.5 Å². The largest absolute Gasteiger partial charge is 0.322 e. The first-order valence-electron chi connectivity index (χ1n) is 8.46. The second kappa shape index (κ2) is 6.72. The van der Waals surface area contributed by atoms with E-state index in [-0.39, 0.29) is 11.9 Å². The lowest BCUT2D eigenvalue weighted by Gasteiger charge is -2.21. The van der Waals surface area contributed by atoms with Crippen LogP contribution in [-0.4, -0.2) is 48.9 Å². The number of carbonyl (C=O) groups is 1. The van der Waals surface area contributed by atoms with Crippen LogP contribution in [0.4, 0.5) is 5.69 Å². The van der Waals surface area contributed by atoms with Gasteiger partial charge in [-0.15, -0.1) is 0 Å². The summed E-state index contributed by atoms with van der Waals surface area (Å²) in [7, 11) is 0. The van der Waals surface area contributed by atoms with E-state index in [0.29, 0.717) is 6.54 Å². The molecule has 1 unspecified atom stereocenters. The third-order valence-electron chi connectivity index (χ3n) is 4.57. The first kappa shape index (κ1) is 16.6. The lowest BCUT2D eigenvalue weighted by molar-refractivity contribution is -0.117. The number of aromatic amines is 1. The molecule has 24 heavy (non-hydrogen) atoms. The van der Waals surface area contributed by atoms with Gasteiger partial charge in [0.05, 0.1) is 29.7 Å². The maximum atomic E-state index is 12.5. The monoisotopic (exact) mass is 331 g/mol. The first-order chi connectivity index (χ1) is 11.5. The van der Waals surface area contributed by atoms with Crippen LogP contribution in [0.25, 0.3) is 0 Å². The van der Waals surface area contributed by atoms with Crippen LogP contribution < -0.4 is 5.32 Å². The number of anilines is 1. The van der Waals surface area contributed by atoms with E-state index in [9.17, 15) is 4.79 Å². The van der Waals surface area contributed by atoms with E-state index in [1.165, 1.54) is 0 Å². The van der Waals surface area contributed by atoms with Crippen LogP contribution in [0.15, 0.2) is 0 Å². The summed E-state index contributed by atoms with van der Waals surface area (Å²) in [5.74, 6) is 1.57. The molecule has 2 N–H and O–H groups in total. The molecule has 8 nitrogen and oxygen atoms in total. The van der Waals surface area contributed by atoms with Gasteiger partial charge in [-0.3, -0.25) is 19.5 Å². The van der Waals surface area contributed by atoms with Gasteiger partial charge < -0.3 is 5.32 Å². The smallest absolute Gasteiger partial charge is 0.238 e. The number of carbonyl (C=O) groups excluding carboxylic acids is 1. The third kappa shape index (κ3) is 3.19. The molecule has 130 valence electrons. The summed E-state index contributed by atoms with van der Waals surface area (Å²) in [4.78, 5) is 19.1. The van der Waals surface area contributed by atoms with Crippen molar-refractivity contribution in [2.45, 2.75) is 53.1 Å². The van der Waals surface area contributed by atoms with Crippen molar-refractivity contribution in [3.8, 4) is 0 Å². The molecule has 0 spiro atoms. The van der Waals surface area contributed by atoms with Crippen LogP contribution in [0.1, 0.15) is 48.8 Å². The highest BCUT2D eigenvalue weighted by molar-refractivity contribution is 5.93. The van der Waals surface area contributed by atoms with Gasteiger partial charge in [0.1, 0.15) is 5.82 Å². The third-order valence-corrected chi connectivity index (χ3v) is 4.57. The molecule has 1 atom stereocenters. The van der Waals surface area contributed by atoms with Crippen LogP contribution in [-0.2, 0) is 11.3 Å². The SMILES string of the molecule is CCn1nc(C)c(NC(=O)CN2CCCC2c2n[nH]c(C)n2)c1C. The van der Waals surface area contributed by atoms with Crippen molar-refractivity contribution in [1.29, 1.82) is 0 Å². The van der Waals surface area contributed by atoms with E-state index < -0.39 is 0 Å². The molecular weight excluding hydrogens is 306 g/mol. The van der Waals surface area contributed by atoms with E-state index >= 15 is 0 Å². The van der Waals surface area contributed by atoms with E-state index in [4.69, 9.17) is 0 Å². The Bertz CT molecular complexity index is 733. The summed E-state index contributed by atoms with van der Waals surface area (Å²) in [5.41, 5.74) is 2.67. The quantitative estimate of drug-likeness (QED) is 0.870. The average Bonchev–Trinajstić information content (AvgIpc) is 3.23. The highest BCUT2D eigenvalue weighted by atomic mass is 16.2. The number of likely N-dealkylation sites (tertiary alicyclic amines) is 1. The molecule has 0 radical (unpaired) electrons. The Morgan fingerprint density at radius 1 is 1.38 bits per heavy atom. The standard InChI is InChI=1S/C16H25N7O/c1-5-23-11(3)15(10(2)21-23)18-14(24)9-22-8-6-7-13(22)16-17-12(4)19-20-16/h13H,5-9H2,1-4H3,(H,18,24)(H,17,19,20). The van der Waals surface area contributed by atoms with Crippen LogP contribution >= 0.6 is 0 Å². The zero-order valence-corrected chi connectivity index (χ0v) is 14.8. The summed E-state index contributed by atoms with van der Waals surface area (Å²) < 4.78 is 1.90. The molecule has 0 aromatic carbocycles. The Balaban J connectivity index is 1.67. The van der Waals surface area contributed by atoms with Gasteiger partial charge in [0, 0.05) is 6.54 Å². The average molecular weight is 331 g/mol. The lowest BCUT2D eigenvalue weighted by atomic mass is 10.2. The molecule has 3 rings (SSSR count). The molecule has 0 saturated carbocycles. The van der Waals surface area contributed by atoms with Crippen molar-refractivity contribution in [2.24, 2.45) is 0 Å². The maximum Gasteiger partial charge on any atom is 0.238 e. The number of H-pyrrole nitrogens is 1. The zero-order chi connectivity index (χ0) is 17.3. The maximum absolute atomic E-state index is 12.5. The fraction of sp³-hybridized carbons (Fsp3) is 0.625. The summed E-state index contributed by atoms with van der Waals surface area (Å²) in [6.07, 6.45) is 2.04. The predicted molar refractivity (Wildman–Crippen MR) is 90.7 cm³/mol. The Labute approximate surface area is 141 Å². The minimum atomic E-state index is -0.0176. The van der Waals surface area contributed by atoms with Gasteiger partial charge in [-0.1, -0.05) is 0 Å². The fourth-order valence-electron chi connectivity index (χ4n) is 3.37. The Morgan fingerprint density at radius 2 is 2.17 bits per heavy atom. The predicted octanol–water partition coefficient (Wildman–Crippen LogP) is 1.72. The lowest BCUT2D eigenvalue weighted by Crippen LogP contribution is -2.33. The molecule has 2 aromatic heterocycles. The van der Waals surface area contributed by atoms with E-state index in [1.54, 1.807) is 0 Å². The minimum absolute atomic E-state index is 0.0176. The number of amides is 1. The molecular formula is C16H25N7O. The Morgan fingerprint density at radius 3 is 2.79 bits per heavy atom. The number of hydrogen-bond donors (Lipinski definition) is 2. The summed E-state index contributed by atoms with van der Waals surface area (Å²) in [6.45, 7) is 9.85. The molecule has 2 aromatic rings. The van der Waals surface area contributed by atoms with Crippen LogP contribution in [0.5, 0.6) is 0 Å². The van der Waals surface area contributed by atoms with Gasteiger partial charge in [-0.05, 0) is 47.1 Å². The van der Waals surface area contributed by atoms with Gasteiger partial charge in [0.15, 0.2) is 5.82 Å². The van der Waals surface area contributed by atoms with Gasteiger partial charge in [-0.2, -0.15) is 10.2 Å². The minimum Gasteiger partial charge on any atom is -0.322 e. The normalized spacial score (nSPS) is 18.2. The van der Waals surface area contributed by atoms with Crippen LogP contribution in [0, 0.1) is 20.8 Å². The van der Waals surface area contributed by atoms with Crippen LogP contribution in [0.3, 0.4) is 0 Å². The molecule has 1 fully saturated rings. The second-order valence-corrected chi connectivity index (χ2v) is 6.32. The Hall–Kier alpha value is -2.22. The van der Waals surface area contributed by atoms with Crippen LogP contribution in [0.2, 0.25) is 0 Å². The fourth-order valence-corrected chi connectivity index (χ4v) is 3.37. The number of rotatable bonds is 5. The van der Waals surface area contributed by atoms with Gasteiger partial charge >= 0.3 is 0 Å². The summed E-state index contributed by atoms with van der Waals surface area (Å²) in [5, 5.41) is 14.6. The van der Waals surface area contributed by atoms with E-state index in [1.807, 2.05) is 32.4 Å².